The maximum atomic E-state index is 4.28. The normalized spacial score (nSPS) is 9.94. The van der Waals surface area contributed by atoms with Crippen molar-refractivity contribution in [1.82, 2.24) is 4.98 Å². The van der Waals surface area contributed by atoms with Crippen LogP contribution in [0.25, 0.3) is 10.8 Å². The van der Waals surface area contributed by atoms with E-state index in [2.05, 4.69) is 50.0 Å². The van der Waals surface area contributed by atoms with E-state index in [1.807, 2.05) is 40.1 Å². The molecule has 1 heteroatoms. The molecular weight excluding hydrogens is 218 g/mol. The molecule has 0 spiro atoms. The standard InChI is InChI=1S/C13H15N.2C2H6/c1-13(2,3)12-9-14-8-10-6-4-5-7-11(10)12;2*1-2/h4-9H,1-3H3;2*1-2H3. The van der Waals surface area contributed by atoms with E-state index in [0.29, 0.717) is 0 Å². The van der Waals surface area contributed by atoms with Crippen molar-refractivity contribution in [2.24, 2.45) is 0 Å². The van der Waals surface area contributed by atoms with Crippen molar-refractivity contribution >= 4 is 10.8 Å². The van der Waals surface area contributed by atoms with E-state index in [1.54, 1.807) is 0 Å². The van der Waals surface area contributed by atoms with Crippen LogP contribution in [0.2, 0.25) is 0 Å². The number of hydrogen-bond donors (Lipinski definition) is 0. The Morgan fingerprint density at radius 1 is 0.833 bits per heavy atom. The van der Waals surface area contributed by atoms with E-state index in [9.17, 15) is 0 Å². The molecule has 2 rings (SSSR count). The van der Waals surface area contributed by atoms with E-state index >= 15 is 0 Å². The molecule has 1 nitrogen and oxygen atoms in total. The lowest BCUT2D eigenvalue weighted by atomic mass is 9.85. The molecule has 0 atom stereocenters. The maximum absolute atomic E-state index is 4.28. The first kappa shape index (κ1) is 16.6. The van der Waals surface area contributed by atoms with Crippen molar-refractivity contribution in [2.75, 3.05) is 0 Å². The van der Waals surface area contributed by atoms with Crippen LogP contribution in [-0.2, 0) is 5.41 Å². The summed E-state index contributed by atoms with van der Waals surface area (Å²) in [4.78, 5) is 4.28. The van der Waals surface area contributed by atoms with Gasteiger partial charge in [-0.05, 0) is 16.4 Å². The summed E-state index contributed by atoms with van der Waals surface area (Å²) in [5.41, 5.74) is 1.48. The molecule has 0 saturated heterocycles. The number of fused-ring (bicyclic) bond motifs is 1. The van der Waals surface area contributed by atoms with Crippen LogP contribution in [0.1, 0.15) is 54.0 Å². The van der Waals surface area contributed by atoms with Gasteiger partial charge in [0.2, 0.25) is 0 Å². The van der Waals surface area contributed by atoms with Gasteiger partial charge in [0.25, 0.3) is 0 Å². The summed E-state index contributed by atoms with van der Waals surface area (Å²) in [6, 6.07) is 8.41. The number of benzene rings is 1. The minimum atomic E-state index is 0.161. The Bertz CT molecular complexity index is 447. The summed E-state index contributed by atoms with van der Waals surface area (Å²) in [7, 11) is 0. The van der Waals surface area contributed by atoms with Crippen molar-refractivity contribution in [3.63, 3.8) is 0 Å². The zero-order chi connectivity index (χ0) is 14.2. The highest BCUT2D eigenvalue weighted by atomic mass is 14.6. The fourth-order valence-corrected chi connectivity index (χ4v) is 1.71. The molecule has 18 heavy (non-hydrogen) atoms. The third-order valence-electron chi connectivity index (χ3n) is 2.48. The highest BCUT2D eigenvalue weighted by molar-refractivity contribution is 5.85. The molecule has 2 aromatic rings. The largest absolute Gasteiger partial charge is 0.264 e. The fraction of sp³-hybridized carbons (Fsp3) is 0.471. The Morgan fingerprint density at radius 3 is 1.94 bits per heavy atom. The molecule has 0 bridgehead atoms. The van der Waals surface area contributed by atoms with Crippen LogP contribution in [0.15, 0.2) is 36.7 Å². The van der Waals surface area contributed by atoms with Gasteiger partial charge in [-0.15, -0.1) is 0 Å². The Morgan fingerprint density at radius 2 is 1.39 bits per heavy atom. The summed E-state index contributed by atoms with van der Waals surface area (Å²) in [6.07, 6.45) is 3.90. The Balaban J connectivity index is 0.000000659. The van der Waals surface area contributed by atoms with Crippen molar-refractivity contribution in [3.05, 3.63) is 42.2 Å². The zero-order valence-corrected chi connectivity index (χ0v) is 12.9. The molecule has 0 aliphatic rings. The molecule has 0 radical (unpaired) electrons. The molecule has 0 unspecified atom stereocenters. The van der Waals surface area contributed by atoms with E-state index < -0.39 is 0 Å². The van der Waals surface area contributed by atoms with Crippen LogP contribution in [-0.4, -0.2) is 4.98 Å². The number of hydrogen-bond acceptors (Lipinski definition) is 1. The van der Waals surface area contributed by atoms with Gasteiger partial charge in [0.05, 0.1) is 0 Å². The summed E-state index contributed by atoms with van der Waals surface area (Å²) >= 11 is 0. The quantitative estimate of drug-likeness (QED) is 0.590. The Labute approximate surface area is 112 Å². The number of pyridine rings is 1. The summed E-state index contributed by atoms with van der Waals surface area (Å²) in [5.74, 6) is 0. The fourth-order valence-electron chi connectivity index (χ4n) is 1.71. The topological polar surface area (TPSA) is 12.9 Å². The van der Waals surface area contributed by atoms with Crippen LogP contribution < -0.4 is 0 Å². The van der Waals surface area contributed by atoms with Gasteiger partial charge < -0.3 is 0 Å². The van der Waals surface area contributed by atoms with Gasteiger partial charge in [0.1, 0.15) is 0 Å². The second-order valence-corrected chi connectivity index (χ2v) is 4.66. The molecule has 100 valence electrons. The Hall–Kier alpha value is -1.37. The minimum Gasteiger partial charge on any atom is -0.264 e. The van der Waals surface area contributed by atoms with Crippen molar-refractivity contribution < 1.29 is 0 Å². The lowest BCUT2D eigenvalue weighted by Crippen LogP contribution is -2.11. The SMILES string of the molecule is CC.CC.CC(C)(C)c1cncc2ccccc12. The molecule has 0 aliphatic heterocycles. The van der Waals surface area contributed by atoms with Gasteiger partial charge in [-0.2, -0.15) is 0 Å². The van der Waals surface area contributed by atoms with Gasteiger partial charge in [0, 0.05) is 17.8 Å². The van der Waals surface area contributed by atoms with Gasteiger partial charge >= 0.3 is 0 Å². The van der Waals surface area contributed by atoms with Gasteiger partial charge in [-0.25, -0.2) is 0 Å². The monoisotopic (exact) mass is 245 g/mol. The zero-order valence-electron chi connectivity index (χ0n) is 12.9. The van der Waals surface area contributed by atoms with Gasteiger partial charge in [0.15, 0.2) is 0 Å². The number of nitrogens with zero attached hydrogens (tertiary/aromatic N) is 1. The van der Waals surface area contributed by atoms with E-state index in [-0.39, 0.29) is 5.41 Å². The second kappa shape index (κ2) is 7.86. The third kappa shape index (κ3) is 4.14. The number of rotatable bonds is 0. The molecule has 0 N–H and O–H groups in total. The molecule has 0 fully saturated rings. The Kier molecular flexibility index (Phi) is 7.26. The lowest BCUT2D eigenvalue weighted by molar-refractivity contribution is 0.593. The van der Waals surface area contributed by atoms with Crippen LogP contribution in [0.3, 0.4) is 0 Å². The van der Waals surface area contributed by atoms with Gasteiger partial charge in [-0.1, -0.05) is 72.7 Å². The van der Waals surface area contributed by atoms with Crippen molar-refractivity contribution in [1.29, 1.82) is 0 Å². The molecule has 1 aromatic carbocycles. The van der Waals surface area contributed by atoms with Crippen LogP contribution >= 0.6 is 0 Å². The smallest absolute Gasteiger partial charge is 0.0346 e. The molecule has 0 amide bonds. The lowest BCUT2D eigenvalue weighted by Gasteiger charge is -2.20. The molecule has 0 saturated carbocycles. The highest BCUT2D eigenvalue weighted by Crippen LogP contribution is 2.28. The predicted molar refractivity (Wildman–Crippen MR) is 83.1 cm³/mol. The molecular formula is C17H27N. The summed E-state index contributed by atoms with van der Waals surface area (Å²) < 4.78 is 0. The minimum absolute atomic E-state index is 0.161. The summed E-state index contributed by atoms with van der Waals surface area (Å²) in [5, 5.41) is 2.54. The molecule has 1 heterocycles. The maximum Gasteiger partial charge on any atom is 0.0346 e. The first-order valence-electron chi connectivity index (χ1n) is 6.92. The predicted octanol–water partition coefficient (Wildman–Crippen LogP) is 5.58. The highest BCUT2D eigenvalue weighted by Gasteiger charge is 2.16. The first-order valence-corrected chi connectivity index (χ1v) is 6.92. The van der Waals surface area contributed by atoms with E-state index in [1.165, 1.54) is 16.3 Å². The van der Waals surface area contributed by atoms with Crippen LogP contribution in [0.5, 0.6) is 0 Å². The van der Waals surface area contributed by atoms with Crippen molar-refractivity contribution in [2.45, 2.75) is 53.9 Å². The molecule has 0 aliphatic carbocycles. The number of aromatic nitrogens is 1. The second-order valence-electron chi connectivity index (χ2n) is 4.66. The van der Waals surface area contributed by atoms with Crippen LogP contribution in [0, 0.1) is 0 Å². The average molecular weight is 245 g/mol. The van der Waals surface area contributed by atoms with Crippen molar-refractivity contribution in [3.8, 4) is 0 Å². The average Bonchev–Trinajstić information content (AvgIpc) is 2.41. The molecule has 1 aromatic heterocycles. The van der Waals surface area contributed by atoms with E-state index in [4.69, 9.17) is 0 Å². The van der Waals surface area contributed by atoms with Gasteiger partial charge in [-0.3, -0.25) is 4.98 Å². The van der Waals surface area contributed by atoms with Crippen LogP contribution in [0.4, 0.5) is 0 Å². The van der Waals surface area contributed by atoms with E-state index in [0.717, 1.165) is 0 Å². The third-order valence-corrected chi connectivity index (χ3v) is 2.48. The first-order chi connectivity index (χ1) is 8.59. The summed E-state index contributed by atoms with van der Waals surface area (Å²) in [6.45, 7) is 14.7.